The zero-order valence-corrected chi connectivity index (χ0v) is 23.8. The Labute approximate surface area is 244 Å². The summed E-state index contributed by atoms with van der Waals surface area (Å²) in [5, 5.41) is 15.7. The van der Waals surface area contributed by atoms with Crippen LogP contribution in [0.5, 0.6) is 0 Å². The molecule has 0 unspecified atom stereocenters. The minimum Gasteiger partial charge on any atom is -0.382 e. The second kappa shape index (κ2) is 11.1. The van der Waals surface area contributed by atoms with Crippen molar-refractivity contribution in [3.63, 3.8) is 0 Å². The van der Waals surface area contributed by atoms with Crippen molar-refractivity contribution in [1.29, 1.82) is 0 Å². The van der Waals surface area contributed by atoms with E-state index in [2.05, 4.69) is 37.6 Å². The molecule has 2 bridgehead atoms. The lowest BCUT2D eigenvalue weighted by Crippen LogP contribution is -2.27. The Morgan fingerprint density at radius 1 is 1.12 bits per heavy atom. The molecular weight excluding hydrogens is 568 g/mol. The summed E-state index contributed by atoms with van der Waals surface area (Å²) in [6, 6.07) is 7.83. The highest BCUT2D eigenvalue weighted by atomic mass is 35.5. The highest BCUT2D eigenvalue weighted by Crippen LogP contribution is 2.34. The van der Waals surface area contributed by atoms with Crippen LogP contribution in [0.15, 0.2) is 60.0 Å². The summed E-state index contributed by atoms with van der Waals surface area (Å²) in [5.41, 5.74) is 3.64. The lowest BCUT2D eigenvalue weighted by molar-refractivity contribution is 0.443. The van der Waals surface area contributed by atoms with Crippen molar-refractivity contribution in [1.82, 2.24) is 39.3 Å². The first-order valence-corrected chi connectivity index (χ1v) is 13.9. The van der Waals surface area contributed by atoms with E-state index in [1.54, 1.807) is 16.8 Å². The van der Waals surface area contributed by atoms with E-state index in [0.29, 0.717) is 18.0 Å². The molecule has 1 aromatic carbocycles. The van der Waals surface area contributed by atoms with Gasteiger partial charge in [0.1, 0.15) is 0 Å². The molecule has 1 aliphatic heterocycles. The summed E-state index contributed by atoms with van der Waals surface area (Å²) in [6.45, 7) is 3.01. The van der Waals surface area contributed by atoms with Crippen LogP contribution in [-0.4, -0.2) is 45.9 Å². The molecule has 210 valence electrons. The Bertz CT molecular complexity index is 1800. The molecule has 10 nitrogen and oxygen atoms in total. The number of pyridine rings is 1. The van der Waals surface area contributed by atoms with Gasteiger partial charge >= 0.3 is 0 Å². The molecule has 13 heteroatoms. The molecule has 0 radical (unpaired) electrons. The highest BCUT2D eigenvalue weighted by Gasteiger charge is 2.23. The van der Waals surface area contributed by atoms with E-state index in [9.17, 15) is 4.79 Å². The number of halogens is 3. The van der Waals surface area contributed by atoms with Gasteiger partial charge in [0.05, 0.1) is 63.8 Å². The zero-order chi connectivity index (χ0) is 28.7. The van der Waals surface area contributed by atoms with Crippen molar-refractivity contribution in [3.8, 4) is 28.2 Å². The van der Waals surface area contributed by atoms with E-state index < -0.39 is 5.82 Å². The Morgan fingerprint density at radius 2 is 1.98 bits per heavy atom. The fraction of sp³-hybridized carbons (Fsp3) is 0.286. The maximum Gasteiger partial charge on any atom is 0.254 e. The maximum absolute atomic E-state index is 15.4. The average molecular weight is 594 g/mol. The van der Waals surface area contributed by atoms with E-state index in [4.69, 9.17) is 23.2 Å². The second-order valence-electron chi connectivity index (χ2n) is 10.2. The van der Waals surface area contributed by atoms with E-state index in [1.807, 2.05) is 30.1 Å². The summed E-state index contributed by atoms with van der Waals surface area (Å²) in [6.07, 6.45) is 8.95. The number of aryl methyl sites for hydroxylation is 1. The number of nitrogens with zero attached hydrogens (tertiary/aromatic N) is 8. The quantitative estimate of drug-likeness (QED) is 0.292. The summed E-state index contributed by atoms with van der Waals surface area (Å²) in [4.78, 5) is 22.8. The third-order valence-corrected chi connectivity index (χ3v) is 7.83. The van der Waals surface area contributed by atoms with Crippen molar-refractivity contribution in [2.24, 2.45) is 13.0 Å². The highest BCUT2D eigenvalue weighted by molar-refractivity contribution is 6.31. The van der Waals surface area contributed by atoms with Crippen LogP contribution in [0.3, 0.4) is 0 Å². The van der Waals surface area contributed by atoms with Crippen molar-refractivity contribution < 1.29 is 4.39 Å². The topological polar surface area (TPSA) is 108 Å². The number of aromatic nitrogens is 8. The molecule has 1 N–H and O–H groups in total. The molecule has 0 aliphatic carbocycles. The van der Waals surface area contributed by atoms with Crippen LogP contribution < -0.4 is 10.9 Å². The number of rotatable bonds is 3. The first-order valence-electron chi connectivity index (χ1n) is 13.2. The third kappa shape index (κ3) is 5.22. The lowest BCUT2D eigenvalue weighted by atomic mass is 9.97. The van der Waals surface area contributed by atoms with Gasteiger partial charge in [0.25, 0.3) is 5.56 Å². The van der Waals surface area contributed by atoms with Gasteiger partial charge in [0.2, 0.25) is 0 Å². The molecule has 5 heterocycles. The molecule has 0 amide bonds. The van der Waals surface area contributed by atoms with Crippen LogP contribution in [0.25, 0.3) is 28.2 Å². The van der Waals surface area contributed by atoms with Gasteiger partial charge in [-0.2, -0.15) is 5.10 Å². The zero-order valence-electron chi connectivity index (χ0n) is 22.3. The van der Waals surface area contributed by atoms with Crippen LogP contribution in [0.1, 0.15) is 37.9 Å². The van der Waals surface area contributed by atoms with Gasteiger partial charge in [-0.3, -0.25) is 19.0 Å². The SMILES string of the molecule is C[C@@H]1CCC[C@H](n2cnc(-c3c(-n4cc(Cl)nn4)ccc(Cl)c3F)cc2=O)c2cc(ccn2)-c2c(cnn2C)NC1. The van der Waals surface area contributed by atoms with Crippen LogP contribution in [-0.2, 0) is 7.05 Å². The molecular formula is C28H26Cl2FN9O. The minimum absolute atomic E-state index is 0.0205. The Morgan fingerprint density at radius 3 is 2.76 bits per heavy atom. The average Bonchev–Trinajstić information content (AvgIpc) is 3.56. The van der Waals surface area contributed by atoms with Gasteiger partial charge in [0, 0.05) is 31.4 Å². The van der Waals surface area contributed by atoms with Gasteiger partial charge in [-0.25, -0.2) is 14.1 Å². The summed E-state index contributed by atoms with van der Waals surface area (Å²) in [7, 11) is 1.90. The molecule has 0 saturated carbocycles. The standard InChI is InChI=1S/C28H26Cl2FN9O/c1-16-4-3-5-22(19-10-17(8-9-32-19)28-21(33-12-16)13-35-38(28)2)39-15-34-20(11-25(39)41)26-23(7-6-18(29)27(26)31)40-14-24(30)36-37-40/h6-11,13-16,22,33H,3-5,12H2,1-2H3/t16-,22+/m1/s1. The predicted molar refractivity (Wildman–Crippen MR) is 155 cm³/mol. The van der Waals surface area contributed by atoms with Crippen LogP contribution in [0.4, 0.5) is 10.1 Å². The normalized spacial score (nSPS) is 17.3. The van der Waals surface area contributed by atoms with Crippen molar-refractivity contribution in [2.75, 3.05) is 11.9 Å². The third-order valence-electron chi connectivity index (χ3n) is 7.36. The number of fused-ring (bicyclic) bond motifs is 4. The van der Waals surface area contributed by atoms with Gasteiger partial charge in [0.15, 0.2) is 11.0 Å². The van der Waals surface area contributed by atoms with Crippen LogP contribution >= 0.6 is 23.2 Å². The van der Waals surface area contributed by atoms with Gasteiger partial charge in [-0.05, 0) is 43.0 Å². The molecule has 4 aromatic heterocycles. The van der Waals surface area contributed by atoms with Gasteiger partial charge in [-0.15, -0.1) is 5.10 Å². The molecule has 6 rings (SSSR count). The molecule has 5 aromatic rings. The van der Waals surface area contributed by atoms with E-state index in [-0.39, 0.29) is 33.0 Å². The number of hydrogen-bond donors (Lipinski definition) is 1. The summed E-state index contributed by atoms with van der Waals surface area (Å²) < 4.78 is 20.1. The van der Waals surface area contributed by atoms with Crippen LogP contribution in [0, 0.1) is 11.7 Å². The Hall–Kier alpha value is -4.09. The number of anilines is 1. The van der Waals surface area contributed by atoms with E-state index >= 15 is 4.39 Å². The fourth-order valence-corrected chi connectivity index (χ4v) is 5.56. The van der Waals surface area contributed by atoms with Crippen LogP contribution in [0.2, 0.25) is 10.2 Å². The first-order chi connectivity index (χ1) is 19.8. The van der Waals surface area contributed by atoms with E-state index in [1.165, 1.54) is 29.3 Å². The minimum atomic E-state index is -0.726. The number of benzene rings is 1. The summed E-state index contributed by atoms with van der Waals surface area (Å²) in [5.74, 6) is -0.323. The maximum atomic E-state index is 15.4. The number of hydrogen-bond acceptors (Lipinski definition) is 7. The van der Waals surface area contributed by atoms with Crippen molar-refractivity contribution in [2.45, 2.75) is 32.2 Å². The smallest absolute Gasteiger partial charge is 0.254 e. The molecule has 2 atom stereocenters. The largest absolute Gasteiger partial charge is 0.382 e. The Kier molecular flexibility index (Phi) is 7.31. The van der Waals surface area contributed by atoms with Crippen molar-refractivity contribution >= 4 is 28.9 Å². The molecule has 0 spiro atoms. The Balaban J connectivity index is 1.45. The molecule has 0 saturated heterocycles. The molecule has 0 fully saturated rings. The lowest BCUT2D eigenvalue weighted by Gasteiger charge is -2.22. The fourth-order valence-electron chi connectivity index (χ4n) is 5.28. The first kappa shape index (κ1) is 27.1. The second-order valence-corrected chi connectivity index (χ2v) is 11.0. The van der Waals surface area contributed by atoms with Gasteiger partial charge < -0.3 is 5.32 Å². The predicted octanol–water partition coefficient (Wildman–Crippen LogP) is 5.55. The van der Waals surface area contributed by atoms with E-state index in [0.717, 1.165) is 42.0 Å². The number of nitrogens with one attached hydrogen (secondary N) is 1. The summed E-state index contributed by atoms with van der Waals surface area (Å²) >= 11 is 12.1. The molecule has 1 aliphatic rings. The van der Waals surface area contributed by atoms with Gasteiger partial charge in [-0.1, -0.05) is 41.8 Å². The molecule has 41 heavy (non-hydrogen) atoms. The monoisotopic (exact) mass is 593 g/mol. The van der Waals surface area contributed by atoms with Crippen molar-refractivity contribution in [3.05, 3.63) is 87.3 Å².